The van der Waals surface area contributed by atoms with Crippen molar-refractivity contribution in [1.82, 2.24) is 0 Å². The van der Waals surface area contributed by atoms with E-state index in [9.17, 15) is 9.90 Å². The predicted molar refractivity (Wildman–Crippen MR) is 66.2 cm³/mol. The summed E-state index contributed by atoms with van der Waals surface area (Å²) < 4.78 is 0. The lowest BCUT2D eigenvalue weighted by Gasteiger charge is -2.22. The first-order chi connectivity index (χ1) is 7.50. The van der Waals surface area contributed by atoms with Crippen LogP contribution in [-0.4, -0.2) is 17.0 Å². The fourth-order valence-electron chi connectivity index (χ4n) is 2.93. The van der Waals surface area contributed by atoms with E-state index < -0.39 is 0 Å². The van der Waals surface area contributed by atoms with E-state index in [1.807, 2.05) is 0 Å². The Morgan fingerprint density at radius 2 is 1.88 bits per heavy atom. The van der Waals surface area contributed by atoms with Crippen LogP contribution in [0.4, 0.5) is 0 Å². The Morgan fingerprint density at radius 1 is 1.31 bits per heavy atom. The molecule has 0 aromatic rings. The monoisotopic (exact) mass is 226 g/mol. The molecule has 0 radical (unpaired) electrons. The van der Waals surface area contributed by atoms with Gasteiger partial charge >= 0.3 is 0 Å². The molecular formula is C14H26O2. The van der Waals surface area contributed by atoms with Crippen molar-refractivity contribution in [3.05, 3.63) is 0 Å². The molecule has 16 heavy (non-hydrogen) atoms. The first-order valence-electron chi connectivity index (χ1n) is 6.69. The molecule has 0 spiro atoms. The van der Waals surface area contributed by atoms with Gasteiger partial charge in [0.1, 0.15) is 5.78 Å². The van der Waals surface area contributed by atoms with Crippen LogP contribution in [-0.2, 0) is 4.79 Å². The smallest absolute Gasteiger partial charge is 0.133 e. The Morgan fingerprint density at radius 3 is 2.31 bits per heavy atom. The van der Waals surface area contributed by atoms with Crippen LogP contribution >= 0.6 is 0 Å². The minimum atomic E-state index is -0.278. The summed E-state index contributed by atoms with van der Waals surface area (Å²) >= 11 is 0. The van der Waals surface area contributed by atoms with Crippen molar-refractivity contribution in [2.75, 3.05) is 0 Å². The van der Waals surface area contributed by atoms with E-state index >= 15 is 0 Å². The van der Waals surface area contributed by atoms with Gasteiger partial charge in [-0.1, -0.05) is 39.5 Å². The topological polar surface area (TPSA) is 37.3 Å². The number of aliphatic hydroxyl groups is 1. The van der Waals surface area contributed by atoms with Crippen molar-refractivity contribution >= 4 is 5.78 Å². The molecule has 1 fully saturated rings. The molecule has 1 rings (SSSR count). The van der Waals surface area contributed by atoms with E-state index in [-0.39, 0.29) is 17.8 Å². The van der Waals surface area contributed by atoms with Gasteiger partial charge in [0.15, 0.2) is 0 Å². The van der Waals surface area contributed by atoms with Gasteiger partial charge in [-0.2, -0.15) is 0 Å². The van der Waals surface area contributed by atoms with Gasteiger partial charge in [0.05, 0.1) is 6.10 Å². The lowest BCUT2D eigenvalue weighted by Crippen LogP contribution is -2.24. The maximum atomic E-state index is 11.4. The Hall–Kier alpha value is -0.370. The largest absolute Gasteiger partial charge is 0.393 e. The SMILES string of the molecule is CC(=O)C(CC(O)CC1CCCC1)C(C)C. The summed E-state index contributed by atoms with van der Waals surface area (Å²) in [6, 6.07) is 0. The van der Waals surface area contributed by atoms with E-state index in [1.165, 1.54) is 25.7 Å². The molecule has 0 aliphatic heterocycles. The summed E-state index contributed by atoms with van der Waals surface area (Å²) in [5.74, 6) is 1.31. The zero-order valence-corrected chi connectivity index (χ0v) is 10.9. The van der Waals surface area contributed by atoms with E-state index in [1.54, 1.807) is 6.92 Å². The second-order valence-corrected chi connectivity index (χ2v) is 5.74. The van der Waals surface area contributed by atoms with Crippen molar-refractivity contribution in [3.63, 3.8) is 0 Å². The van der Waals surface area contributed by atoms with E-state index in [4.69, 9.17) is 0 Å². The summed E-state index contributed by atoms with van der Waals surface area (Å²) in [5.41, 5.74) is 0. The second-order valence-electron chi connectivity index (χ2n) is 5.74. The maximum Gasteiger partial charge on any atom is 0.133 e. The minimum absolute atomic E-state index is 0.0383. The lowest BCUT2D eigenvalue weighted by atomic mass is 9.84. The average molecular weight is 226 g/mol. The first-order valence-corrected chi connectivity index (χ1v) is 6.69. The van der Waals surface area contributed by atoms with Crippen LogP contribution in [0.3, 0.4) is 0 Å². The molecule has 1 aliphatic rings. The highest BCUT2D eigenvalue weighted by atomic mass is 16.3. The Balaban J connectivity index is 2.35. The summed E-state index contributed by atoms with van der Waals surface area (Å²) in [6.45, 7) is 5.77. The predicted octanol–water partition coefficient (Wildman–Crippen LogP) is 3.18. The third-order valence-corrected chi connectivity index (χ3v) is 3.93. The second kappa shape index (κ2) is 6.39. The molecule has 2 atom stereocenters. The third kappa shape index (κ3) is 4.25. The van der Waals surface area contributed by atoms with E-state index in [0.717, 1.165) is 6.42 Å². The molecule has 2 nitrogen and oxygen atoms in total. The summed E-state index contributed by atoms with van der Waals surface area (Å²) in [7, 11) is 0. The summed E-state index contributed by atoms with van der Waals surface area (Å²) in [6.07, 6.45) is 6.45. The number of carbonyl (C=O) groups is 1. The molecule has 2 heteroatoms. The number of hydrogen-bond acceptors (Lipinski definition) is 2. The Labute approximate surface area is 99.4 Å². The normalized spacial score (nSPS) is 21.3. The first kappa shape index (κ1) is 13.7. The molecule has 0 aromatic heterocycles. The fourth-order valence-corrected chi connectivity index (χ4v) is 2.93. The molecule has 2 unspecified atom stereocenters. The molecule has 1 saturated carbocycles. The molecule has 0 bridgehead atoms. The molecule has 0 aromatic carbocycles. The average Bonchev–Trinajstić information content (AvgIpc) is 2.65. The van der Waals surface area contributed by atoms with Crippen molar-refractivity contribution in [2.45, 2.75) is 65.4 Å². The van der Waals surface area contributed by atoms with E-state index in [0.29, 0.717) is 18.3 Å². The number of rotatable bonds is 6. The number of aliphatic hydroxyl groups excluding tert-OH is 1. The highest BCUT2D eigenvalue weighted by Gasteiger charge is 2.25. The molecule has 0 saturated heterocycles. The number of ketones is 1. The van der Waals surface area contributed by atoms with Crippen molar-refractivity contribution < 1.29 is 9.90 Å². The highest BCUT2D eigenvalue weighted by molar-refractivity contribution is 5.78. The lowest BCUT2D eigenvalue weighted by molar-refractivity contribution is -0.123. The van der Waals surface area contributed by atoms with Gasteiger partial charge in [-0.05, 0) is 31.6 Å². The van der Waals surface area contributed by atoms with Crippen LogP contribution in [0.25, 0.3) is 0 Å². The molecule has 1 aliphatic carbocycles. The van der Waals surface area contributed by atoms with Gasteiger partial charge in [-0.25, -0.2) is 0 Å². The van der Waals surface area contributed by atoms with E-state index in [2.05, 4.69) is 13.8 Å². The summed E-state index contributed by atoms with van der Waals surface area (Å²) in [4.78, 5) is 11.4. The van der Waals surface area contributed by atoms with Crippen LogP contribution in [0.1, 0.15) is 59.3 Å². The zero-order valence-electron chi connectivity index (χ0n) is 10.9. The Kier molecular flexibility index (Phi) is 5.47. The van der Waals surface area contributed by atoms with Crippen LogP contribution in [0.2, 0.25) is 0 Å². The highest BCUT2D eigenvalue weighted by Crippen LogP contribution is 2.30. The van der Waals surface area contributed by atoms with Gasteiger partial charge < -0.3 is 5.11 Å². The molecule has 0 amide bonds. The zero-order chi connectivity index (χ0) is 12.1. The van der Waals surface area contributed by atoms with Gasteiger partial charge in [0.2, 0.25) is 0 Å². The van der Waals surface area contributed by atoms with Crippen LogP contribution < -0.4 is 0 Å². The summed E-state index contributed by atoms with van der Waals surface area (Å²) in [5, 5.41) is 10.0. The Bertz CT molecular complexity index is 217. The molecule has 0 heterocycles. The molecular weight excluding hydrogens is 200 g/mol. The number of hydrogen-bond donors (Lipinski definition) is 1. The van der Waals surface area contributed by atoms with Crippen LogP contribution in [0.5, 0.6) is 0 Å². The molecule has 94 valence electrons. The van der Waals surface area contributed by atoms with Crippen LogP contribution in [0, 0.1) is 17.8 Å². The quantitative estimate of drug-likeness (QED) is 0.755. The molecule has 1 N–H and O–H groups in total. The third-order valence-electron chi connectivity index (χ3n) is 3.93. The van der Waals surface area contributed by atoms with Gasteiger partial charge in [-0.15, -0.1) is 0 Å². The van der Waals surface area contributed by atoms with Crippen molar-refractivity contribution in [1.29, 1.82) is 0 Å². The number of carbonyl (C=O) groups excluding carboxylic acids is 1. The van der Waals surface area contributed by atoms with Gasteiger partial charge in [-0.3, -0.25) is 4.79 Å². The number of Topliss-reactive ketones (excluding diaryl/α,β-unsaturated/α-hetero) is 1. The standard InChI is InChI=1S/C14H26O2/c1-10(2)14(11(3)15)9-13(16)8-12-6-4-5-7-12/h10,12-14,16H,4-9H2,1-3H3. The van der Waals surface area contributed by atoms with Crippen molar-refractivity contribution in [2.24, 2.45) is 17.8 Å². The minimum Gasteiger partial charge on any atom is -0.393 e. The van der Waals surface area contributed by atoms with Crippen LogP contribution in [0.15, 0.2) is 0 Å². The van der Waals surface area contributed by atoms with Gasteiger partial charge in [0.25, 0.3) is 0 Å². The fraction of sp³-hybridized carbons (Fsp3) is 0.929. The maximum absolute atomic E-state index is 11.4. The van der Waals surface area contributed by atoms with Crippen molar-refractivity contribution in [3.8, 4) is 0 Å². The van der Waals surface area contributed by atoms with Gasteiger partial charge in [0, 0.05) is 5.92 Å².